The topological polar surface area (TPSA) is 40.1 Å². The summed E-state index contributed by atoms with van der Waals surface area (Å²) in [7, 11) is 3.59. The van der Waals surface area contributed by atoms with E-state index in [-0.39, 0.29) is 0 Å². The Morgan fingerprint density at radius 2 is 1.10 bits per heavy atom. The van der Waals surface area contributed by atoms with Gasteiger partial charge in [0.25, 0.3) is 5.28 Å². The number of quaternary nitrogens is 1. The van der Waals surface area contributed by atoms with Gasteiger partial charge in [-0.25, -0.2) is 0 Å². The third kappa shape index (κ3) is 13.2. The number of hydrogen-bond acceptors (Lipinski definition) is 2. The summed E-state index contributed by atoms with van der Waals surface area (Å²) in [6.45, 7) is 4.29. The molecular weight excluding hydrogens is 389 g/mol. The van der Waals surface area contributed by atoms with E-state index >= 15 is 0 Å². The molecule has 4 heteroatoms. The second kappa shape index (κ2) is 18.3. The van der Waals surface area contributed by atoms with Gasteiger partial charge in [0.1, 0.15) is 0 Å². The molecule has 2 unspecified atom stereocenters. The quantitative estimate of drug-likeness (QED) is 0.0779. The fraction of sp³-hybridized carbons (Fsp3) is 0.923. The van der Waals surface area contributed by atoms with E-state index in [2.05, 4.69) is 19.1 Å². The lowest BCUT2D eigenvalue weighted by Gasteiger charge is -2.39. The van der Waals surface area contributed by atoms with Gasteiger partial charge in [0.15, 0.2) is 0 Å². The van der Waals surface area contributed by atoms with Gasteiger partial charge in [-0.1, -0.05) is 101 Å². The molecule has 0 rings (SSSR count). The molecule has 0 bridgehead atoms. The lowest BCUT2D eigenvalue weighted by atomic mass is 10.0. The molecule has 30 heavy (non-hydrogen) atoms. The van der Waals surface area contributed by atoms with E-state index in [0.29, 0.717) is 10.9 Å². The minimum absolute atomic E-state index is 0.501. The Labute approximate surface area is 190 Å². The molecule has 3 nitrogen and oxygen atoms in total. The van der Waals surface area contributed by atoms with E-state index < -0.39 is 13.3 Å². The van der Waals surface area contributed by atoms with Crippen LogP contribution in [0.1, 0.15) is 129 Å². The van der Waals surface area contributed by atoms with Crippen molar-refractivity contribution in [3.05, 3.63) is 12.2 Å². The van der Waals surface area contributed by atoms with E-state index in [0.717, 1.165) is 25.7 Å². The largest absolute Gasteiger partial charge is 0.590 e. The Balaban J connectivity index is 3.61. The summed E-state index contributed by atoms with van der Waals surface area (Å²) in [5.74, 6) is 0. The molecule has 0 aromatic carbocycles. The summed E-state index contributed by atoms with van der Waals surface area (Å²) in [5, 5.41) is -0.611. The molecule has 0 spiro atoms. The van der Waals surface area contributed by atoms with Crippen LogP contribution in [0.25, 0.3) is 0 Å². The fourth-order valence-electron chi connectivity index (χ4n) is 4.46. The van der Waals surface area contributed by atoms with Gasteiger partial charge in [-0.2, -0.15) is 0 Å². The summed E-state index contributed by atoms with van der Waals surface area (Å²) >= 11 is 0. The van der Waals surface area contributed by atoms with Gasteiger partial charge in [0, 0.05) is 12.8 Å². The van der Waals surface area contributed by atoms with Crippen LogP contribution in [0.15, 0.2) is 12.2 Å². The molecule has 0 aromatic rings. The third-order valence-electron chi connectivity index (χ3n) is 6.74. The normalized spacial score (nSPS) is 14.9. The first-order chi connectivity index (χ1) is 14.3. The Morgan fingerprint density at radius 1 is 0.700 bits per heavy atom. The smallest absolute Gasteiger partial charge is 0.376 e. The van der Waals surface area contributed by atoms with Crippen molar-refractivity contribution < 1.29 is 13.9 Å². The van der Waals surface area contributed by atoms with Crippen LogP contribution in [-0.4, -0.2) is 30.9 Å². The average Bonchev–Trinajstić information content (AvgIpc) is 2.68. The molecule has 2 atom stereocenters. The standard InChI is InChI=1S/C26H53NO2P/c1-6-8-9-10-11-12-13-14-15-16-17-18-19-20-21-22-23-24-25-26(7-2,30(28)29)27(3,4)5/h19-20H,6-18,21-25H2,1-5H3/q+1. The van der Waals surface area contributed by atoms with Gasteiger partial charge in [0.05, 0.1) is 21.1 Å². The van der Waals surface area contributed by atoms with Crippen molar-refractivity contribution in [3.8, 4) is 0 Å². The number of hydrogen-bond donors (Lipinski definition) is 0. The zero-order valence-corrected chi connectivity index (χ0v) is 22.0. The molecule has 0 N–H and O–H groups in total. The van der Waals surface area contributed by atoms with Crippen LogP contribution < -0.4 is 4.89 Å². The first-order valence-electron chi connectivity index (χ1n) is 12.9. The SMILES string of the molecule is CCCCCCCCCCCCCC=CCCCCCC(CC)([P+](=O)[O-])[N+](C)(C)C. The van der Waals surface area contributed by atoms with Crippen LogP contribution in [0.5, 0.6) is 0 Å². The summed E-state index contributed by atoms with van der Waals surface area (Å²) in [6, 6.07) is 0. The van der Waals surface area contributed by atoms with Crippen molar-refractivity contribution in [2.45, 2.75) is 135 Å². The zero-order valence-electron chi connectivity index (χ0n) is 21.1. The second-order valence-electron chi connectivity index (χ2n) is 10.0. The third-order valence-corrected chi connectivity index (χ3v) is 8.56. The van der Waals surface area contributed by atoms with Gasteiger partial charge < -0.3 is 4.89 Å². The lowest BCUT2D eigenvalue weighted by molar-refractivity contribution is -0.910. The van der Waals surface area contributed by atoms with Gasteiger partial charge >= 0.3 is 8.03 Å². The molecule has 0 heterocycles. The van der Waals surface area contributed by atoms with Crippen LogP contribution in [0, 0.1) is 0 Å². The maximum absolute atomic E-state index is 11.9. The zero-order chi connectivity index (χ0) is 22.7. The predicted molar refractivity (Wildman–Crippen MR) is 132 cm³/mol. The van der Waals surface area contributed by atoms with E-state index in [1.165, 1.54) is 83.5 Å². The highest BCUT2D eigenvalue weighted by molar-refractivity contribution is 7.38. The van der Waals surface area contributed by atoms with E-state index in [9.17, 15) is 9.46 Å². The van der Waals surface area contributed by atoms with Crippen molar-refractivity contribution in [1.29, 1.82) is 0 Å². The highest BCUT2D eigenvalue weighted by Gasteiger charge is 2.52. The summed E-state index contributed by atoms with van der Waals surface area (Å²) in [5.41, 5.74) is 0. The van der Waals surface area contributed by atoms with Crippen molar-refractivity contribution in [2.24, 2.45) is 0 Å². The molecular formula is C26H53NO2P+. The Morgan fingerprint density at radius 3 is 1.47 bits per heavy atom. The van der Waals surface area contributed by atoms with Crippen LogP contribution in [0.2, 0.25) is 0 Å². The van der Waals surface area contributed by atoms with Gasteiger partial charge in [-0.05, 0) is 32.1 Å². The summed E-state index contributed by atoms with van der Waals surface area (Å²) in [4.78, 5) is 11.9. The van der Waals surface area contributed by atoms with Crippen molar-refractivity contribution in [1.82, 2.24) is 0 Å². The maximum Gasteiger partial charge on any atom is 0.376 e. The molecule has 0 fully saturated rings. The van der Waals surface area contributed by atoms with Gasteiger partial charge in [-0.15, -0.1) is 0 Å². The molecule has 0 aliphatic rings. The molecule has 0 radical (unpaired) electrons. The van der Waals surface area contributed by atoms with Crippen LogP contribution >= 0.6 is 8.03 Å². The molecule has 0 saturated heterocycles. The number of rotatable bonds is 21. The highest BCUT2D eigenvalue weighted by Crippen LogP contribution is 2.44. The molecule has 0 aliphatic heterocycles. The average molecular weight is 443 g/mol. The lowest BCUT2D eigenvalue weighted by Crippen LogP contribution is -2.55. The number of allylic oxidation sites excluding steroid dienone is 2. The van der Waals surface area contributed by atoms with E-state index in [4.69, 9.17) is 0 Å². The highest BCUT2D eigenvalue weighted by atomic mass is 31.1. The minimum Gasteiger partial charge on any atom is -0.590 e. The van der Waals surface area contributed by atoms with Gasteiger partial charge in [-0.3, -0.25) is 4.48 Å². The van der Waals surface area contributed by atoms with Crippen molar-refractivity contribution in [3.63, 3.8) is 0 Å². The van der Waals surface area contributed by atoms with Crippen molar-refractivity contribution in [2.75, 3.05) is 21.1 Å². The Hall–Kier alpha value is -0.240. The first kappa shape index (κ1) is 29.8. The molecule has 0 saturated carbocycles. The van der Waals surface area contributed by atoms with E-state index in [1.807, 2.05) is 28.1 Å². The monoisotopic (exact) mass is 442 g/mol. The summed E-state index contributed by atoms with van der Waals surface area (Å²) in [6.07, 6.45) is 27.2. The van der Waals surface area contributed by atoms with Crippen LogP contribution in [0.3, 0.4) is 0 Å². The van der Waals surface area contributed by atoms with E-state index in [1.54, 1.807) is 0 Å². The summed E-state index contributed by atoms with van der Waals surface area (Å²) < 4.78 is 12.4. The molecule has 178 valence electrons. The Bertz CT molecular complexity index is 445. The molecule has 0 amide bonds. The molecule has 0 aromatic heterocycles. The first-order valence-corrected chi connectivity index (χ1v) is 14.1. The number of nitrogens with zero attached hydrogens (tertiary/aromatic N) is 1. The molecule has 0 aliphatic carbocycles. The minimum atomic E-state index is -2.42. The van der Waals surface area contributed by atoms with Crippen molar-refractivity contribution >= 4 is 8.03 Å². The maximum atomic E-state index is 11.9. The Kier molecular flexibility index (Phi) is 18.2. The van der Waals surface area contributed by atoms with Crippen LogP contribution in [0.4, 0.5) is 0 Å². The fourth-order valence-corrected chi connectivity index (χ4v) is 5.55. The second-order valence-corrected chi connectivity index (χ2v) is 11.3. The van der Waals surface area contributed by atoms with Crippen LogP contribution in [-0.2, 0) is 4.57 Å². The number of unbranched alkanes of at least 4 members (excludes halogenated alkanes) is 14. The van der Waals surface area contributed by atoms with Gasteiger partial charge in [0.2, 0.25) is 0 Å². The predicted octanol–water partition coefficient (Wildman–Crippen LogP) is 8.11.